The zero-order valence-electron chi connectivity index (χ0n) is 17.4. The minimum Gasteiger partial charge on any atom is -0.484 e. The Bertz CT molecular complexity index is 1250. The van der Waals surface area contributed by atoms with E-state index in [4.69, 9.17) is 9.47 Å². The number of aromatic nitrogens is 2. The number of para-hydroxylation sites is 1. The van der Waals surface area contributed by atoms with Gasteiger partial charge in [-0.05, 0) is 54.6 Å². The Morgan fingerprint density at radius 3 is 2.19 bits per heavy atom. The van der Waals surface area contributed by atoms with E-state index < -0.39 is 0 Å². The van der Waals surface area contributed by atoms with Gasteiger partial charge in [0, 0.05) is 24.4 Å². The Labute approximate surface area is 184 Å². The average Bonchev–Trinajstić information content (AvgIpc) is 2.82. The van der Waals surface area contributed by atoms with E-state index in [9.17, 15) is 9.59 Å². The van der Waals surface area contributed by atoms with E-state index in [-0.39, 0.29) is 18.1 Å². The first kappa shape index (κ1) is 20.9. The van der Waals surface area contributed by atoms with Gasteiger partial charge in [0.1, 0.15) is 17.2 Å². The summed E-state index contributed by atoms with van der Waals surface area (Å²) < 4.78 is 12.6. The minimum absolute atomic E-state index is 0.122. The first-order valence-corrected chi connectivity index (χ1v) is 9.97. The second kappa shape index (κ2) is 9.61. The van der Waals surface area contributed by atoms with Crippen molar-refractivity contribution >= 4 is 11.6 Å². The van der Waals surface area contributed by atoms with Crippen molar-refractivity contribution < 1.29 is 14.3 Å². The molecule has 0 fully saturated rings. The lowest BCUT2D eigenvalue weighted by Crippen LogP contribution is -2.20. The van der Waals surface area contributed by atoms with Gasteiger partial charge in [-0.15, -0.1) is 0 Å². The molecule has 1 N–H and O–H groups in total. The lowest BCUT2D eigenvalue weighted by molar-refractivity contribution is -0.118. The highest BCUT2D eigenvalue weighted by Gasteiger charge is 2.06. The van der Waals surface area contributed by atoms with Gasteiger partial charge in [0.25, 0.3) is 11.5 Å². The maximum absolute atomic E-state index is 12.2. The second-order valence-corrected chi connectivity index (χ2v) is 6.98. The third-order valence-electron chi connectivity index (χ3n) is 4.60. The zero-order valence-corrected chi connectivity index (χ0v) is 17.4. The van der Waals surface area contributed by atoms with E-state index in [0.29, 0.717) is 22.9 Å². The van der Waals surface area contributed by atoms with Crippen LogP contribution < -0.4 is 20.3 Å². The molecular formula is C25H21N3O4. The highest BCUT2D eigenvalue weighted by molar-refractivity contribution is 5.92. The number of ether oxygens (including phenoxy) is 2. The van der Waals surface area contributed by atoms with E-state index in [1.165, 1.54) is 10.7 Å². The predicted molar refractivity (Wildman–Crippen MR) is 122 cm³/mol. The van der Waals surface area contributed by atoms with Crippen LogP contribution in [0.1, 0.15) is 0 Å². The summed E-state index contributed by atoms with van der Waals surface area (Å²) >= 11 is 0. The van der Waals surface area contributed by atoms with Crippen LogP contribution in [-0.2, 0) is 11.8 Å². The lowest BCUT2D eigenvalue weighted by Gasteiger charge is -2.09. The smallest absolute Gasteiger partial charge is 0.266 e. The molecule has 0 atom stereocenters. The van der Waals surface area contributed by atoms with Crippen LogP contribution >= 0.6 is 0 Å². The van der Waals surface area contributed by atoms with Gasteiger partial charge >= 0.3 is 0 Å². The molecule has 1 amide bonds. The molecule has 0 spiro atoms. The molecular weight excluding hydrogens is 406 g/mol. The Hall–Kier alpha value is -4.39. The number of rotatable bonds is 7. The van der Waals surface area contributed by atoms with Crippen molar-refractivity contribution in [2.24, 2.45) is 7.05 Å². The van der Waals surface area contributed by atoms with Crippen LogP contribution in [0.25, 0.3) is 11.3 Å². The third kappa shape index (κ3) is 5.40. The van der Waals surface area contributed by atoms with Crippen molar-refractivity contribution in [3.05, 3.63) is 101 Å². The molecule has 4 rings (SSSR count). The van der Waals surface area contributed by atoms with E-state index >= 15 is 0 Å². The van der Waals surface area contributed by atoms with Gasteiger partial charge in [0.2, 0.25) is 0 Å². The van der Waals surface area contributed by atoms with Gasteiger partial charge in [-0.3, -0.25) is 9.59 Å². The molecule has 3 aromatic carbocycles. The molecule has 0 saturated heterocycles. The van der Waals surface area contributed by atoms with Crippen molar-refractivity contribution in [3.8, 4) is 28.5 Å². The van der Waals surface area contributed by atoms with Crippen LogP contribution in [-0.4, -0.2) is 22.3 Å². The fraction of sp³-hybridized carbons (Fsp3) is 0.0800. The van der Waals surface area contributed by atoms with Crippen molar-refractivity contribution in [2.45, 2.75) is 0 Å². The molecule has 160 valence electrons. The number of benzene rings is 3. The number of aryl methyl sites for hydroxylation is 1. The third-order valence-corrected chi connectivity index (χ3v) is 4.60. The van der Waals surface area contributed by atoms with Gasteiger partial charge in [-0.25, -0.2) is 4.68 Å². The first-order chi connectivity index (χ1) is 15.6. The summed E-state index contributed by atoms with van der Waals surface area (Å²) in [6, 6.07) is 26.9. The van der Waals surface area contributed by atoms with Gasteiger partial charge in [0.15, 0.2) is 6.61 Å². The summed E-state index contributed by atoms with van der Waals surface area (Å²) in [6.07, 6.45) is 0. The monoisotopic (exact) mass is 427 g/mol. The first-order valence-electron chi connectivity index (χ1n) is 9.97. The zero-order chi connectivity index (χ0) is 22.3. The van der Waals surface area contributed by atoms with Crippen molar-refractivity contribution in [1.82, 2.24) is 9.78 Å². The van der Waals surface area contributed by atoms with Crippen LogP contribution in [0, 0.1) is 0 Å². The highest BCUT2D eigenvalue weighted by atomic mass is 16.5. The van der Waals surface area contributed by atoms with Gasteiger partial charge in [0.05, 0.1) is 5.69 Å². The maximum atomic E-state index is 12.2. The number of amides is 1. The summed E-state index contributed by atoms with van der Waals surface area (Å²) in [7, 11) is 1.60. The standard InChI is InChI=1S/C25H21N3O4/c1-28-25(30)16-15-23(27-28)18-7-9-19(10-8-18)26-24(29)17-31-20-11-13-22(14-12-20)32-21-5-3-2-4-6-21/h2-16H,17H2,1H3,(H,26,29). The molecule has 32 heavy (non-hydrogen) atoms. The summed E-state index contributed by atoms with van der Waals surface area (Å²) in [5, 5.41) is 7.01. The minimum atomic E-state index is -0.275. The van der Waals surface area contributed by atoms with Crippen LogP contribution in [0.5, 0.6) is 17.2 Å². The maximum Gasteiger partial charge on any atom is 0.266 e. The molecule has 0 aliphatic heterocycles. The summed E-state index contributed by atoms with van der Waals surface area (Å²) in [5.74, 6) is 1.72. The largest absolute Gasteiger partial charge is 0.484 e. The van der Waals surface area contributed by atoms with Crippen LogP contribution in [0.4, 0.5) is 5.69 Å². The van der Waals surface area contributed by atoms with Gasteiger partial charge < -0.3 is 14.8 Å². The van der Waals surface area contributed by atoms with Crippen molar-refractivity contribution in [1.29, 1.82) is 0 Å². The fourth-order valence-corrected chi connectivity index (χ4v) is 2.96. The normalized spacial score (nSPS) is 10.4. The molecule has 0 radical (unpaired) electrons. The SMILES string of the molecule is Cn1nc(-c2ccc(NC(=O)COc3ccc(Oc4ccccc4)cc3)cc2)ccc1=O. The summed E-state index contributed by atoms with van der Waals surface area (Å²) in [4.78, 5) is 23.7. The number of carbonyl (C=O) groups is 1. The molecule has 7 nitrogen and oxygen atoms in total. The lowest BCUT2D eigenvalue weighted by atomic mass is 10.1. The van der Waals surface area contributed by atoms with Crippen molar-refractivity contribution in [2.75, 3.05) is 11.9 Å². The van der Waals surface area contributed by atoms with E-state index in [1.807, 2.05) is 42.5 Å². The Morgan fingerprint density at radius 1 is 0.844 bits per heavy atom. The topological polar surface area (TPSA) is 82.5 Å². The quantitative estimate of drug-likeness (QED) is 0.477. The summed E-state index contributed by atoms with van der Waals surface area (Å²) in [6.45, 7) is -0.122. The van der Waals surface area contributed by atoms with Crippen LogP contribution in [0.3, 0.4) is 0 Å². The molecule has 7 heteroatoms. The van der Waals surface area contributed by atoms with Crippen LogP contribution in [0.2, 0.25) is 0 Å². The highest BCUT2D eigenvalue weighted by Crippen LogP contribution is 2.23. The number of carbonyl (C=O) groups excluding carboxylic acids is 1. The Balaban J connectivity index is 1.29. The number of hydrogen-bond acceptors (Lipinski definition) is 5. The van der Waals surface area contributed by atoms with Gasteiger partial charge in [-0.1, -0.05) is 30.3 Å². The molecule has 1 heterocycles. The molecule has 4 aromatic rings. The van der Waals surface area contributed by atoms with Crippen LogP contribution in [0.15, 0.2) is 95.8 Å². The van der Waals surface area contributed by atoms with E-state index in [0.717, 1.165) is 11.3 Å². The molecule has 0 bridgehead atoms. The fourth-order valence-electron chi connectivity index (χ4n) is 2.96. The number of nitrogens with one attached hydrogen (secondary N) is 1. The molecule has 0 saturated carbocycles. The number of hydrogen-bond donors (Lipinski definition) is 1. The molecule has 1 aromatic heterocycles. The average molecular weight is 427 g/mol. The Morgan fingerprint density at radius 2 is 1.50 bits per heavy atom. The summed E-state index contributed by atoms with van der Waals surface area (Å²) in [5.41, 5.74) is 1.98. The molecule has 0 unspecified atom stereocenters. The Kier molecular flexibility index (Phi) is 6.27. The molecule has 0 aliphatic rings. The van der Waals surface area contributed by atoms with E-state index in [2.05, 4.69) is 10.4 Å². The number of anilines is 1. The predicted octanol–water partition coefficient (Wildman–Crippen LogP) is 4.26. The number of nitrogens with zero attached hydrogens (tertiary/aromatic N) is 2. The van der Waals surface area contributed by atoms with Gasteiger partial charge in [-0.2, -0.15) is 5.10 Å². The molecule has 0 aliphatic carbocycles. The second-order valence-electron chi connectivity index (χ2n) is 6.98. The van der Waals surface area contributed by atoms with Crippen molar-refractivity contribution in [3.63, 3.8) is 0 Å². The van der Waals surface area contributed by atoms with E-state index in [1.54, 1.807) is 49.5 Å².